The summed E-state index contributed by atoms with van der Waals surface area (Å²) in [6.45, 7) is 10.4. The molecule has 0 aromatic carbocycles. The van der Waals surface area contributed by atoms with Crippen molar-refractivity contribution in [2.45, 2.75) is 41.0 Å². The molecule has 1 N–H and O–H groups in total. The minimum Gasteiger partial charge on any atom is -0.479 e. The van der Waals surface area contributed by atoms with Crippen LogP contribution >= 0.6 is 0 Å². The van der Waals surface area contributed by atoms with Crippen molar-refractivity contribution in [2.75, 3.05) is 6.61 Å². The van der Waals surface area contributed by atoms with Crippen LogP contribution in [0.3, 0.4) is 0 Å². The first kappa shape index (κ1) is 14.9. The summed E-state index contributed by atoms with van der Waals surface area (Å²) in [5.41, 5.74) is 0.111. The molecule has 0 aromatic heterocycles. The van der Waals surface area contributed by atoms with Gasteiger partial charge in [-0.1, -0.05) is 39.8 Å². The lowest BCUT2D eigenvalue weighted by atomic mass is 9.77. The van der Waals surface area contributed by atoms with E-state index >= 15 is 0 Å². The van der Waals surface area contributed by atoms with Gasteiger partial charge in [0.05, 0.1) is 0 Å². The van der Waals surface area contributed by atoms with Gasteiger partial charge in [-0.3, -0.25) is 0 Å². The lowest BCUT2D eigenvalue weighted by Gasteiger charge is -2.28. The van der Waals surface area contributed by atoms with Crippen molar-refractivity contribution in [1.29, 1.82) is 0 Å². The highest BCUT2D eigenvalue weighted by Gasteiger charge is 2.23. The van der Waals surface area contributed by atoms with Crippen LogP contribution in [0.1, 0.15) is 41.0 Å². The fraction of sp³-hybridized carbons (Fsp3) is 0.833. The van der Waals surface area contributed by atoms with E-state index in [9.17, 15) is 4.79 Å². The molecular formula is C12H23NO3. The maximum atomic E-state index is 10.2. The third kappa shape index (κ3) is 7.26. The maximum Gasteiger partial charge on any atom is 0.344 e. The minimum atomic E-state index is -1.01. The normalized spacial score (nSPS) is 14.4. The van der Waals surface area contributed by atoms with Crippen LogP contribution in [0.4, 0.5) is 0 Å². The van der Waals surface area contributed by atoms with Crippen LogP contribution in [-0.4, -0.2) is 23.9 Å². The molecule has 0 saturated heterocycles. The molecule has 0 bridgehead atoms. The summed E-state index contributed by atoms with van der Waals surface area (Å²) < 4.78 is 0. The summed E-state index contributed by atoms with van der Waals surface area (Å²) >= 11 is 0. The third-order valence-electron chi connectivity index (χ3n) is 2.34. The summed E-state index contributed by atoms with van der Waals surface area (Å²) in [5.74, 6) is -0.134. The average molecular weight is 229 g/mol. The predicted octanol–water partition coefficient (Wildman–Crippen LogP) is 2.78. The summed E-state index contributed by atoms with van der Waals surface area (Å²) in [6.07, 6.45) is 2.74. The molecule has 4 nitrogen and oxygen atoms in total. The first-order valence-corrected chi connectivity index (χ1v) is 5.60. The number of nitrogens with zero attached hydrogens (tertiary/aromatic N) is 1. The van der Waals surface area contributed by atoms with Crippen molar-refractivity contribution >= 4 is 12.2 Å². The molecule has 1 unspecified atom stereocenters. The minimum absolute atomic E-state index is 0.111. The summed E-state index contributed by atoms with van der Waals surface area (Å²) in [4.78, 5) is 14.9. The van der Waals surface area contributed by atoms with E-state index in [1.54, 1.807) is 6.21 Å². The monoisotopic (exact) mass is 229 g/mol. The second-order valence-corrected chi connectivity index (χ2v) is 5.52. The van der Waals surface area contributed by atoms with Crippen molar-refractivity contribution in [3.05, 3.63) is 0 Å². The zero-order chi connectivity index (χ0) is 12.8. The van der Waals surface area contributed by atoms with Crippen LogP contribution in [0.15, 0.2) is 5.16 Å². The van der Waals surface area contributed by atoms with Gasteiger partial charge >= 0.3 is 5.97 Å². The van der Waals surface area contributed by atoms with Gasteiger partial charge in [0.15, 0.2) is 0 Å². The Kier molecular flexibility index (Phi) is 6.08. The summed E-state index contributed by atoms with van der Waals surface area (Å²) in [5, 5.41) is 12.1. The smallest absolute Gasteiger partial charge is 0.344 e. The molecule has 16 heavy (non-hydrogen) atoms. The Bertz CT molecular complexity index is 241. The Labute approximate surface area is 97.7 Å². The van der Waals surface area contributed by atoms with E-state index in [1.807, 2.05) is 0 Å². The molecule has 0 aliphatic heterocycles. The fourth-order valence-corrected chi connectivity index (χ4v) is 1.35. The molecule has 0 aliphatic carbocycles. The van der Waals surface area contributed by atoms with Gasteiger partial charge in [-0.15, -0.1) is 0 Å². The molecule has 0 radical (unpaired) electrons. The van der Waals surface area contributed by atoms with Crippen LogP contribution in [-0.2, 0) is 9.63 Å². The molecule has 0 heterocycles. The molecule has 0 aliphatic rings. The van der Waals surface area contributed by atoms with Gasteiger partial charge in [-0.25, -0.2) is 4.79 Å². The highest BCUT2D eigenvalue weighted by Crippen LogP contribution is 2.29. The molecule has 0 amide bonds. The maximum absolute atomic E-state index is 10.2. The van der Waals surface area contributed by atoms with Crippen LogP contribution in [0, 0.1) is 17.3 Å². The molecule has 94 valence electrons. The van der Waals surface area contributed by atoms with Crippen LogP contribution in [0.5, 0.6) is 0 Å². The molecule has 0 aromatic rings. The van der Waals surface area contributed by atoms with Crippen molar-refractivity contribution in [1.82, 2.24) is 0 Å². The number of carboxylic acids is 1. The van der Waals surface area contributed by atoms with Crippen LogP contribution in [0.2, 0.25) is 0 Å². The zero-order valence-corrected chi connectivity index (χ0v) is 10.9. The van der Waals surface area contributed by atoms with Gasteiger partial charge in [0.1, 0.15) is 0 Å². The van der Waals surface area contributed by atoms with E-state index in [1.165, 1.54) is 0 Å². The van der Waals surface area contributed by atoms with Crippen LogP contribution < -0.4 is 0 Å². The van der Waals surface area contributed by atoms with E-state index in [4.69, 9.17) is 5.11 Å². The highest BCUT2D eigenvalue weighted by atomic mass is 16.6. The number of hydrogen-bond donors (Lipinski definition) is 1. The van der Waals surface area contributed by atoms with Gasteiger partial charge in [0.25, 0.3) is 0 Å². The fourth-order valence-electron chi connectivity index (χ4n) is 1.35. The number of carbonyl (C=O) groups is 1. The lowest BCUT2D eigenvalue weighted by Crippen LogP contribution is -2.23. The van der Waals surface area contributed by atoms with Crippen LogP contribution in [0.25, 0.3) is 0 Å². The van der Waals surface area contributed by atoms with E-state index in [2.05, 4.69) is 44.6 Å². The number of rotatable bonds is 6. The van der Waals surface area contributed by atoms with Crippen molar-refractivity contribution in [3.8, 4) is 0 Å². The number of hydrogen-bond acceptors (Lipinski definition) is 3. The Balaban J connectivity index is 4.26. The van der Waals surface area contributed by atoms with Crippen molar-refractivity contribution < 1.29 is 14.7 Å². The zero-order valence-electron chi connectivity index (χ0n) is 10.9. The predicted molar refractivity (Wildman–Crippen MR) is 64.5 cm³/mol. The summed E-state index contributed by atoms with van der Waals surface area (Å²) in [7, 11) is 0. The first-order valence-electron chi connectivity index (χ1n) is 5.60. The Morgan fingerprint density at radius 3 is 2.38 bits per heavy atom. The second kappa shape index (κ2) is 6.51. The molecular weight excluding hydrogens is 206 g/mol. The third-order valence-corrected chi connectivity index (χ3v) is 2.34. The Morgan fingerprint density at radius 2 is 2.00 bits per heavy atom. The largest absolute Gasteiger partial charge is 0.479 e. The van der Waals surface area contributed by atoms with E-state index in [0.717, 1.165) is 6.42 Å². The first-order chi connectivity index (χ1) is 7.23. The molecule has 0 rings (SSSR count). The summed E-state index contributed by atoms with van der Waals surface area (Å²) in [6, 6.07) is 0. The Morgan fingerprint density at radius 1 is 1.44 bits per heavy atom. The van der Waals surface area contributed by atoms with E-state index in [0.29, 0.717) is 11.8 Å². The van der Waals surface area contributed by atoms with Gasteiger partial charge in [-0.2, -0.15) is 0 Å². The van der Waals surface area contributed by atoms with Gasteiger partial charge in [-0.05, 0) is 17.8 Å². The molecule has 0 saturated carbocycles. The lowest BCUT2D eigenvalue weighted by molar-refractivity contribution is -0.142. The van der Waals surface area contributed by atoms with Gasteiger partial charge in [0.2, 0.25) is 6.61 Å². The van der Waals surface area contributed by atoms with Crippen molar-refractivity contribution in [2.24, 2.45) is 22.4 Å². The topological polar surface area (TPSA) is 58.9 Å². The van der Waals surface area contributed by atoms with E-state index in [-0.39, 0.29) is 12.0 Å². The molecule has 4 heteroatoms. The average Bonchev–Trinajstić information content (AvgIpc) is 2.07. The molecule has 0 fully saturated rings. The Hall–Kier alpha value is -1.06. The van der Waals surface area contributed by atoms with E-state index < -0.39 is 5.97 Å². The van der Waals surface area contributed by atoms with Gasteiger partial charge < -0.3 is 9.94 Å². The quantitative estimate of drug-likeness (QED) is 0.562. The molecule has 1 atom stereocenters. The van der Waals surface area contributed by atoms with Crippen molar-refractivity contribution in [3.63, 3.8) is 0 Å². The highest BCUT2D eigenvalue weighted by molar-refractivity contribution is 5.68. The standard InChI is InChI=1S/C12H23NO3/c1-9(2)6-10(12(3,4)5)7-13-16-8-11(14)15/h7,9-10H,6,8H2,1-5H3,(H,14,15)/b13-7+. The number of aliphatic carboxylic acids is 1. The van der Waals surface area contributed by atoms with Gasteiger partial charge in [0, 0.05) is 12.1 Å². The molecule has 0 spiro atoms. The second-order valence-electron chi connectivity index (χ2n) is 5.52. The number of carboxylic acid groups (broad SMARTS) is 1. The SMILES string of the molecule is CC(C)CC(/C=N/OCC(=O)O)C(C)(C)C. The number of oxime groups is 1.